The second kappa shape index (κ2) is 7.32. The van der Waals surface area contributed by atoms with E-state index in [2.05, 4.69) is 15.5 Å². The molecule has 1 aromatic heterocycles. The van der Waals surface area contributed by atoms with Crippen LogP contribution in [-0.4, -0.2) is 33.5 Å². The van der Waals surface area contributed by atoms with E-state index >= 15 is 0 Å². The number of carbonyl (C=O) groups excluding carboxylic acids is 2. The highest BCUT2D eigenvalue weighted by Crippen LogP contribution is 2.39. The van der Waals surface area contributed by atoms with Gasteiger partial charge >= 0.3 is 0 Å². The minimum absolute atomic E-state index is 0.0385. The van der Waals surface area contributed by atoms with Crippen LogP contribution in [0.25, 0.3) is 0 Å². The predicted molar refractivity (Wildman–Crippen MR) is 99.3 cm³/mol. The summed E-state index contributed by atoms with van der Waals surface area (Å²) < 4.78 is 0. The van der Waals surface area contributed by atoms with E-state index in [1.54, 1.807) is 0 Å². The number of H-pyrrole nitrogens is 1. The molecule has 0 aliphatic carbocycles. The van der Waals surface area contributed by atoms with Gasteiger partial charge in [0.05, 0.1) is 17.7 Å². The zero-order chi connectivity index (χ0) is 18.8. The van der Waals surface area contributed by atoms with Gasteiger partial charge in [0.1, 0.15) is 0 Å². The summed E-state index contributed by atoms with van der Waals surface area (Å²) in [6, 6.07) is 7.78. The second-order valence-electron chi connectivity index (χ2n) is 6.92. The van der Waals surface area contributed by atoms with E-state index in [1.807, 2.05) is 56.9 Å². The van der Waals surface area contributed by atoms with E-state index < -0.39 is 0 Å². The number of carbonyl (C=O) groups is 2. The Morgan fingerprint density at radius 2 is 2.04 bits per heavy atom. The molecule has 0 radical (unpaired) electrons. The molecule has 2 atom stereocenters. The van der Waals surface area contributed by atoms with Crippen LogP contribution in [0, 0.1) is 26.7 Å². The molecule has 1 saturated heterocycles. The minimum atomic E-state index is -0.379. The van der Waals surface area contributed by atoms with E-state index in [4.69, 9.17) is 0 Å². The lowest BCUT2D eigenvalue weighted by Gasteiger charge is -2.28. The number of hydrogen-bond donors (Lipinski definition) is 2. The summed E-state index contributed by atoms with van der Waals surface area (Å²) in [5, 5.41) is 10.1. The summed E-state index contributed by atoms with van der Waals surface area (Å²) >= 11 is 0. The van der Waals surface area contributed by atoms with Crippen molar-refractivity contribution in [3.8, 4) is 0 Å². The Kier molecular flexibility index (Phi) is 5.11. The average Bonchev–Trinajstić information content (AvgIpc) is 3.12. The van der Waals surface area contributed by atoms with Crippen LogP contribution in [0.1, 0.15) is 47.5 Å². The van der Waals surface area contributed by atoms with Crippen LogP contribution < -0.4 is 5.32 Å². The van der Waals surface area contributed by atoms with E-state index in [0.29, 0.717) is 13.1 Å². The molecular formula is C20H26N4O2. The third-order valence-corrected chi connectivity index (χ3v) is 5.34. The van der Waals surface area contributed by atoms with Gasteiger partial charge in [0.2, 0.25) is 11.8 Å². The molecule has 1 aromatic carbocycles. The van der Waals surface area contributed by atoms with Crippen molar-refractivity contribution < 1.29 is 9.59 Å². The van der Waals surface area contributed by atoms with Crippen LogP contribution in [0.15, 0.2) is 24.3 Å². The topological polar surface area (TPSA) is 78.1 Å². The molecule has 6 heteroatoms. The van der Waals surface area contributed by atoms with Crippen molar-refractivity contribution in [2.24, 2.45) is 5.92 Å². The Morgan fingerprint density at radius 3 is 2.65 bits per heavy atom. The van der Waals surface area contributed by atoms with E-state index in [1.165, 1.54) is 0 Å². The van der Waals surface area contributed by atoms with E-state index in [9.17, 15) is 9.59 Å². The van der Waals surface area contributed by atoms with Crippen molar-refractivity contribution in [2.45, 2.75) is 46.7 Å². The SMILES string of the molecule is CCN1C(=O)C[C@@H](C(=O)NCc2c(C)n[nH]c2C)[C@@H]1c1ccccc1C. The Hall–Kier alpha value is -2.63. The molecule has 0 unspecified atom stereocenters. The molecule has 2 aromatic rings. The maximum Gasteiger partial charge on any atom is 0.226 e. The third-order valence-electron chi connectivity index (χ3n) is 5.34. The molecule has 3 rings (SSSR count). The number of aromatic amines is 1. The number of aryl methyl sites for hydroxylation is 3. The number of nitrogens with one attached hydrogen (secondary N) is 2. The van der Waals surface area contributed by atoms with E-state index in [0.717, 1.165) is 28.1 Å². The van der Waals surface area contributed by atoms with Gasteiger partial charge < -0.3 is 10.2 Å². The van der Waals surface area contributed by atoms with Crippen LogP contribution in [0.4, 0.5) is 0 Å². The fraction of sp³-hybridized carbons (Fsp3) is 0.450. The molecule has 2 amide bonds. The maximum atomic E-state index is 12.9. The van der Waals surface area contributed by atoms with Gasteiger partial charge in [-0.2, -0.15) is 5.10 Å². The molecule has 2 N–H and O–H groups in total. The monoisotopic (exact) mass is 354 g/mol. The highest BCUT2D eigenvalue weighted by atomic mass is 16.2. The number of rotatable bonds is 5. The number of aromatic nitrogens is 2. The van der Waals surface area contributed by atoms with Gasteiger partial charge in [-0.25, -0.2) is 0 Å². The molecule has 6 nitrogen and oxygen atoms in total. The molecule has 138 valence electrons. The summed E-state index contributed by atoms with van der Waals surface area (Å²) in [6.07, 6.45) is 0.252. The first-order valence-corrected chi connectivity index (χ1v) is 9.07. The lowest BCUT2D eigenvalue weighted by atomic mass is 9.90. The first-order chi connectivity index (χ1) is 12.4. The molecule has 0 bridgehead atoms. The summed E-state index contributed by atoms with van der Waals surface area (Å²) in [4.78, 5) is 27.3. The number of nitrogens with zero attached hydrogens (tertiary/aromatic N) is 2. The van der Waals surface area contributed by atoms with Gasteiger partial charge in [-0.3, -0.25) is 14.7 Å². The van der Waals surface area contributed by atoms with Crippen molar-refractivity contribution >= 4 is 11.8 Å². The lowest BCUT2D eigenvalue weighted by Crippen LogP contribution is -2.35. The predicted octanol–water partition coefficient (Wildman–Crippen LogP) is 2.56. The smallest absolute Gasteiger partial charge is 0.226 e. The summed E-state index contributed by atoms with van der Waals surface area (Å²) in [5.41, 5.74) is 5.00. The van der Waals surface area contributed by atoms with Crippen molar-refractivity contribution in [1.29, 1.82) is 0 Å². The Morgan fingerprint density at radius 1 is 1.31 bits per heavy atom. The number of hydrogen-bond acceptors (Lipinski definition) is 3. The van der Waals surface area contributed by atoms with Crippen molar-refractivity contribution in [1.82, 2.24) is 20.4 Å². The molecule has 1 aliphatic heterocycles. The average molecular weight is 354 g/mol. The first-order valence-electron chi connectivity index (χ1n) is 9.07. The van der Waals surface area contributed by atoms with Gasteiger partial charge in [-0.1, -0.05) is 24.3 Å². The second-order valence-corrected chi connectivity index (χ2v) is 6.92. The summed E-state index contributed by atoms with van der Waals surface area (Å²) in [7, 11) is 0. The summed E-state index contributed by atoms with van der Waals surface area (Å²) in [6.45, 7) is 8.86. The first kappa shape index (κ1) is 18.2. The van der Waals surface area contributed by atoms with Gasteiger partial charge in [0.25, 0.3) is 0 Å². The lowest BCUT2D eigenvalue weighted by molar-refractivity contribution is -0.129. The standard InChI is InChI=1S/C20H26N4O2/c1-5-24-18(25)10-16(19(24)15-9-7-6-8-12(15)2)20(26)21-11-17-13(3)22-23-14(17)4/h6-9,16,19H,5,10-11H2,1-4H3,(H,21,26)(H,22,23)/t16-,19+/m1/s1. The molecular weight excluding hydrogens is 328 g/mol. The molecule has 0 saturated carbocycles. The third kappa shape index (κ3) is 3.23. The fourth-order valence-corrected chi connectivity index (χ4v) is 3.84. The molecule has 0 spiro atoms. The van der Waals surface area contributed by atoms with Crippen LogP contribution in [0.2, 0.25) is 0 Å². The molecule has 1 fully saturated rings. The maximum absolute atomic E-state index is 12.9. The molecule has 26 heavy (non-hydrogen) atoms. The van der Waals surface area contributed by atoms with Crippen molar-refractivity contribution in [3.63, 3.8) is 0 Å². The van der Waals surface area contributed by atoms with Crippen LogP contribution in [0.5, 0.6) is 0 Å². The van der Waals surface area contributed by atoms with Crippen molar-refractivity contribution in [2.75, 3.05) is 6.54 Å². The number of likely N-dealkylation sites (tertiary alicyclic amines) is 1. The molecule has 2 heterocycles. The van der Waals surface area contributed by atoms with Gasteiger partial charge in [0.15, 0.2) is 0 Å². The van der Waals surface area contributed by atoms with Crippen LogP contribution in [-0.2, 0) is 16.1 Å². The van der Waals surface area contributed by atoms with E-state index in [-0.39, 0.29) is 30.2 Å². The summed E-state index contributed by atoms with van der Waals surface area (Å²) in [5.74, 6) is -0.421. The van der Waals surface area contributed by atoms with Gasteiger partial charge in [0, 0.05) is 30.8 Å². The molecule has 1 aliphatic rings. The largest absolute Gasteiger partial charge is 0.352 e. The van der Waals surface area contributed by atoms with Crippen LogP contribution in [0.3, 0.4) is 0 Å². The fourth-order valence-electron chi connectivity index (χ4n) is 3.84. The Balaban J connectivity index is 1.83. The van der Waals surface area contributed by atoms with Gasteiger partial charge in [-0.05, 0) is 38.8 Å². The zero-order valence-electron chi connectivity index (χ0n) is 15.8. The van der Waals surface area contributed by atoms with Gasteiger partial charge in [-0.15, -0.1) is 0 Å². The van der Waals surface area contributed by atoms with Crippen molar-refractivity contribution in [3.05, 3.63) is 52.3 Å². The number of amides is 2. The Bertz CT molecular complexity index is 807. The Labute approximate surface area is 154 Å². The van der Waals surface area contributed by atoms with Crippen LogP contribution >= 0.6 is 0 Å². The highest BCUT2D eigenvalue weighted by molar-refractivity contribution is 5.90. The zero-order valence-corrected chi connectivity index (χ0v) is 15.8. The number of benzene rings is 1. The quantitative estimate of drug-likeness (QED) is 0.866. The highest BCUT2D eigenvalue weighted by Gasteiger charge is 2.44. The minimum Gasteiger partial charge on any atom is -0.352 e. The normalized spacial score (nSPS) is 19.8.